The lowest BCUT2D eigenvalue weighted by Gasteiger charge is -2.15. The average molecular weight is 304 g/mol. The molecule has 0 spiro atoms. The number of ether oxygens (including phenoxy) is 2. The zero-order valence-electron chi connectivity index (χ0n) is 11.4. The Morgan fingerprint density at radius 3 is 2.62 bits per heavy atom. The molecule has 0 aromatic heterocycles. The lowest BCUT2D eigenvalue weighted by molar-refractivity contribution is -0.387. The zero-order chi connectivity index (χ0) is 16.0. The van der Waals surface area contributed by atoms with Crippen molar-refractivity contribution in [3.8, 4) is 5.75 Å². The Morgan fingerprint density at radius 1 is 1.43 bits per heavy atom. The van der Waals surface area contributed by atoms with Crippen LogP contribution in [0.3, 0.4) is 0 Å². The van der Waals surface area contributed by atoms with Crippen molar-refractivity contribution < 1.29 is 28.0 Å². The number of nitro groups is 1. The summed E-state index contributed by atoms with van der Waals surface area (Å²) in [5, 5.41) is 13.0. The molecule has 1 unspecified atom stereocenters. The monoisotopic (exact) mass is 304 g/mol. The van der Waals surface area contributed by atoms with Crippen LogP contribution in [-0.4, -0.2) is 37.2 Å². The van der Waals surface area contributed by atoms with Crippen molar-refractivity contribution in [1.29, 1.82) is 0 Å². The molecule has 7 nitrogen and oxygen atoms in total. The first-order valence-electron chi connectivity index (χ1n) is 6.00. The first kappa shape index (κ1) is 16.8. The predicted molar refractivity (Wildman–Crippen MR) is 68.0 cm³/mol. The minimum absolute atomic E-state index is 0.164. The lowest BCUT2D eigenvalue weighted by Crippen LogP contribution is -2.40. The van der Waals surface area contributed by atoms with Gasteiger partial charge >= 0.3 is 11.7 Å². The highest BCUT2D eigenvalue weighted by Gasteiger charge is 2.22. The smallest absolute Gasteiger partial charge is 0.326 e. The summed E-state index contributed by atoms with van der Waals surface area (Å²) in [5.74, 6) is -3.46. The molecule has 0 radical (unpaired) electrons. The molecule has 1 rings (SSSR count). The van der Waals surface area contributed by atoms with Crippen LogP contribution >= 0.6 is 0 Å². The van der Waals surface area contributed by atoms with E-state index in [9.17, 15) is 23.7 Å². The quantitative estimate of drug-likeness (QED) is 0.465. The standard InChI is InChI=1S/C12H14F2N2O5/c1-3-20-12(17)9(15-2)6-21-11-5-7(13)10(16(18)19)4-8(11)14/h4-5,9,15H,3,6H2,1-2H3. The van der Waals surface area contributed by atoms with Crippen LogP contribution in [0.5, 0.6) is 5.75 Å². The summed E-state index contributed by atoms with van der Waals surface area (Å²) in [7, 11) is 1.47. The molecular weight excluding hydrogens is 290 g/mol. The second-order valence-electron chi connectivity index (χ2n) is 3.90. The molecule has 1 N–H and O–H groups in total. The third-order valence-corrected chi connectivity index (χ3v) is 2.52. The number of likely N-dealkylation sites (N-methyl/N-ethyl adjacent to an activating group) is 1. The Bertz CT molecular complexity index is 539. The van der Waals surface area contributed by atoms with E-state index in [4.69, 9.17) is 9.47 Å². The molecule has 1 aromatic carbocycles. The third-order valence-electron chi connectivity index (χ3n) is 2.52. The van der Waals surface area contributed by atoms with Crippen LogP contribution in [-0.2, 0) is 9.53 Å². The van der Waals surface area contributed by atoms with Gasteiger partial charge in [0.05, 0.1) is 17.6 Å². The van der Waals surface area contributed by atoms with E-state index in [0.29, 0.717) is 12.1 Å². The van der Waals surface area contributed by atoms with E-state index in [-0.39, 0.29) is 13.2 Å². The Hall–Kier alpha value is -2.29. The van der Waals surface area contributed by atoms with Gasteiger partial charge in [0.15, 0.2) is 11.6 Å². The fraction of sp³-hybridized carbons (Fsp3) is 0.417. The largest absolute Gasteiger partial charge is 0.488 e. The van der Waals surface area contributed by atoms with E-state index in [1.807, 2.05) is 0 Å². The summed E-state index contributed by atoms with van der Waals surface area (Å²) in [6, 6.07) is 0.108. The van der Waals surface area contributed by atoms with Crippen LogP contribution in [0.1, 0.15) is 6.92 Å². The number of nitrogens with zero attached hydrogens (tertiary/aromatic N) is 1. The SMILES string of the molecule is CCOC(=O)C(COc1cc(F)c([N+](=O)[O-])cc1F)NC. The van der Waals surface area contributed by atoms with E-state index < -0.39 is 40.0 Å². The highest BCUT2D eigenvalue weighted by molar-refractivity contribution is 5.75. The molecule has 9 heteroatoms. The number of benzene rings is 1. The fourth-order valence-corrected chi connectivity index (χ4v) is 1.45. The molecule has 0 saturated carbocycles. The second-order valence-corrected chi connectivity index (χ2v) is 3.90. The Labute approximate surface area is 119 Å². The number of nitro benzene ring substituents is 1. The average Bonchev–Trinajstić information content (AvgIpc) is 2.42. The molecule has 1 aromatic rings. The molecule has 0 aliphatic carbocycles. The topological polar surface area (TPSA) is 90.7 Å². The molecule has 116 valence electrons. The number of carbonyl (C=O) groups excluding carboxylic acids is 1. The fourth-order valence-electron chi connectivity index (χ4n) is 1.45. The van der Waals surface area contributed by atoms with Gasteiger partial charge in [-0.05, 0) is 14.0 Å². The van der Waals surface area contributed by atoms with Crippen molar-refractivity contribution in [1.82, 2.24) is 5.32 Å². The van der Waals surface area contributed by atoms with E-state index >= 15 is 0 Å². The first-order valence-corrected chi connectivity index (χ1v) is 6.00. The van der Waals surface area contributed by atoms with Crippen LogP contribution < -0.4 is 10.1 Å². The molecule has 0 bridgehead atoms. The maximum atomic E-state index is 13.6. The van der Waals surface area contributed by atoms with Gasteiger partial charge in [-0.25, -0.2) is 4.39 Å². The van der Waals surface area contributed by atoms with E-state index in [2.05, 4.69) is 5.32 Å². The molecule has 0 heterocycles. The number of esters is 1. The van der Waals surface area contributed by atoms with E-state index in [1.54, 1.807) is 6.92 Å². The molecule has 1 atom stereocenters. The number of hydrogen-bond donors (Lipinski definition) is 1. The van der Waals surface area contributed by atoms with Gasteiger partial charge in [0.25, 0.3) is 0 Å². The van der Waals surface area contributed by atoms with Crippen molar-refractivity contribution in [3.63, 3.8) is 0 Å². The van der Waals surface area contributed by atoms with Gasteiger partial charge < -0.3 is 14.8 Å². The lowest BCUT2D eigenvalue weighted by atomic mass is 10.2. The van der Waals surface area contributed by atoms with Gasteiger partial charge in [-0.1, -0.05) is 0 Å². The van der Waals surface area contributed by atoms with Crippen LogP contribution in [0.2, 0.25) is 0 Å². The molecule has 21 heavy (non-hydrogen) atoms. The van der Waals surface area contributed by atoms with Gasteiger partial charge in [0, 0.05) is 6.07 Å². The minimum atomic E-state index is -1.23. The molecular formula is C12H14F2N2O5. The maximum absolute atomic E-state index is 13.6. The molecule has 0 saturated heterocycles. The van der Waals surface area contributed by atoms with Crippen molar-refractivity contribution in [2.24, 2.45) is 0 Å². The van der Waals surface area contributed by atoms with Crippen LogP contribution in [0.15, 0.2) is 12.1 Å². The number of rotatable bonds is 7. The normalized spacial score (nSPS) is 11.8. The number of nitrogens with one attached hydrogen (secondary N) is 1. The summed E-state index contributed by atoms with van der Waals surface area (Å²) >= 11 is 0. The van der Waals surface area contributed by atoms with Gasteiger partial charge in [-0.15, -0.1) is 0 Å². The molecule has 0 amide bonds. The third kappa shape index (κ3) is 4.35. The van der Waals surface area contributed by atoms with Gasteiger partial charge in [-0.2, -0.15) is 4.39 Å². The molecule has 0 aliphatic heterocycles. The van der Waals surface area contributed by atoms with Crippen molar-refractivity contribution >= 4 is 11.7 Å². The summed E-state index contributed by atoms with van der Waals surface area (Å²) < 4.78 is 36.7. The minimum Gasteiger partial charge on any atom is -0.488 e. The predicted octanol–water partition coefficient (Wildman–Crippen LogP) is 1.40. The van der Waals surface area contributed by atoms with Crippen LogP contribution in [0.4, 0.5) is 14.5 Å². The Morgan fingerprint density at radius 2 is 2.10 bits per heavy atom. The van der Waals surface area contributed by atoms with E-state index in [1.165, 1.54) is 7.05 Å². The van der Waals surface area contributed by atoms with Gasteiger partial charge in [-0.3, -0.25) is 14.9 Å². The number of halogens is 2. The zero-order valence-corrected chi connectivity index (χ0v) is 11.4. The number of carbonyl (C=O) groups is 1. The Kier molecular flexibility index (Phi) is 5.97. The maximum Gasteiger partial charge on any atom is 0.326 e. The highest BCUT2D eigenvalue weighted by Crippen LogP contribution is 2.26. The van der Waals surface area contributed by atoms with Crippen molar-refractivity contribution in [2.45, 2.75) is 13.0 Å². The van der Waals surface area contributed by atoms with Crippen molar-refractivity contribution in [2.75, 3.05) is 20.3 Å². The molecule has 0 aliphatic rings. The Balaban J connectivity index is 2.81. The first-order chi connectivity index (χ1) is 9.90. The summed E-state index contributed by atoms with van der Waals surface area (Å²) in [4.78, 5) is 20.9. The summed E-state index contributed by atoms with van der Waals surface area (Å²) in [6.45, 7) is 1.47. The second kappa shape index (κ2) is 7.48. The van der Waals surface area contributed by atoms with Crippen LogP contribution in [0, 0.1) is 21.7 Å². The molecule has 0 fully saturated rings. The number of hydrogen-bond acceptors (Lipinski definition) is 6. The van der Waals surface area contributed by atoms with Gasteiger partial charge in [0.2, 0.25) is 5.82 Å². The highest BCUT2D eigenvalue weighted by atomic mass is 19.1. The van der Waals surface area contributed by atoms with Crippen LogP contribution in [0.25, 0.3) is 0 Å². The van der Waals surface area contributed by atoms with Crippen molar-refractivity contribution in [3.05, 3.63) is 33.9 Å². The summed E-state index contributed by atoms with van der Waals surface area (Å²) in [5.41, 5.74) is -0.990. The summed E-state index contributed by atoms with van der Waals surface area (Å²) in [6.07, 6.45) is 0. The van der Waals surface area contributed by atoms with Gasteiger partial charge in [0.1, 0.15) is 12.6 Å². The van der Waals surface area contributed by atoms with E-state index in [0.717, 1.165) is 0 Å².